The van der Waals surface area contributed by atoms with Gasteiger partial charge in [0, 0.05) is 5.56 Å². The maximum Gasteiger partial charge on any atom is 0.184 e. The predicted molar refractivity (Wildman–Crippen MR) is 49.2 cm³/mol. The first-order chi connectivity index (χ1) is 6.68. The molecular weight excluding hydrogens is 189 g/mol. The lowest BCUT2D eigenvalue weighted by Crippen LogP contribution is -2.15. The molecule has 2 nitrogen and oxygen atoms in total. The molecule has 1 aliphatic heterocycles. The van der Waals surface area contributed by atoms with Crippen LogP contribution in [0.3, 0.4) is 0 Å². The Morgan fingerprint density at radius 1 is 1.14 bits per heavy atom. The van der Waals surface area contributed by atoms with Crippen molar-refractivity contribution in [3.8, 4) is 0 Å². The van der Waals surface area contributed by atoms with Gasteiger partial charge in [0.15, 0.2) is 6.29 Å². The Balaban J connectivity index is 2.34. The highest BCUT2D eigenvalue weighted by molar-refractivity contribution is 6.32. The van der Waals surface area contributed by atoms with E-state index in [1.165, 1.54) is 20.0 Å². The molecule has 0 amide bonds. The average molecular weight is 198 g/mol. The van der Waals surface area contributed by atoms with Crippen molar-refractivity contribution in [2.45, 2.75) is 6.29 Å². The summed E-state index contributed by atoms with van der Waals surface area (Å²) in [5, 5.41) is 0. The standard InChI is InChI=1S/C9H9BF2O2/c10-8-6(11)3-5(4-7(8)12)9-13-1-2-14-9/h3-4,9H,1-2,10H2. The maximum atomic E-state index is 13.1. The third kappa shape index (κ3) is 1.65. The lowest BCUT2D eigenvalue weighted by atomic mass is 9.93. The SMILES string of the molecule is Bc1c(F)cc(C2OCCO2)cc1F. The van der Waals surface area contributed by atoms with Crippen LogP contribution < -0.4 is 5.46 Å². The van der Waals surface area contributed by atoms with Crippen LogP contribution in [0.2, 0.25) is 0 Å². The van der Waals surface area contributed by atoms with Gasteiger partial charge in [0.05, 0.1) is 13.2 Å². The predicted octanol–water partition coefficient (Wildman–Crippen LogP) is 0.269. The van der Waals surface area contributed by atoms with Crippen molar-refractivity contribution in [3.05, 3.63) is 29.3 Å². The first-order valence-electron chi connectivity index (χ1n) is 4.37. The van der Waals surface area contributed by atoms with E-state index in [0.717, 1.165) is 0 Å². The van der Waals surface area contributed by atoms with E-state index >= 15 is 0 Å². The van der Waals surface area contributed by atoms with Crippen LogP contribution in [-0.4, -0.2) is 21.1 Å². The molecule has 1 saturated heterocycles. The van der Waals surface area contributed by atoms with E-state index in [0.29, 0.717) is 18.8 Å². The lowest BCUT2D eigenvalue weighted by molar-refractivity contribution is -0.0444. The molecule has 0 unspecified atom stereocenters. The molecule has 0 radical (unpaired) electrons. The molecule has 14 heavy (non-hydrogen) atoms. The number of ether oxygens (including phenoxy) is 2. The summed E-state index contributed by atoms with van der Waals surface area (Å²) in [5.74, 6) is -1.14. The zero-order valence-corrected chi connectivity index (χ0v) is 7.72. The summed E-state index contributed by atoms with van der Waals surface area (Å²) in [4.78, 5) is 0. The van der Waals surface area contributed by atoms with Crippen molar-refractivity contribution in [1.29, 1.82) is 0 Å². The minimum atomic E-state index is -0.625. The minimum Gasteiger partial charge on any atom is -0.346 e. The summed E-state index contributed by atoms with van der Waals surface area (Å²) in [5.41, 5.74) is 0.412. The largest absolute Gasteiger partial charge is 0.346 e. The fraction of sp³-hybridized carbons (Fsp3) is 0.333. The Hall–Kier alpha value is -0.935. The van der Waals surface area contributed by atoms with E-state index in [2.05, 4.69) is 0 Å². The Morgan fingerprint density at radius 2 is 1.64 bits per heavy atom. The van der Waals surface area contributed by atoms with Crippen molar-refractivity contribution in [2.24, 2.45) is 0 Å². The molecule has 1 fully saturated rings. The summed E-state index contributed by atoms with van der Waals surface area (Å²) in [6, 6.07) is 2.49. The molecular formula is C9H9BF2O2. The maximum absolute atomic E-state index is 13.1. The molecule has 74 valence electrons. The second-order valence-electron chi connectivity index (χ2n) is 3.18. The minimum absolute atomic E-state index is 0.0201. The van der Waals surface area contributed by atoms with Gasteiger partial charge in [-0.2, -0.15) is 0 Å². The van der Waals surface area contributed by atoms with E-state index in [9.17, 15) is 8.78 Å². The Kier molecular flexibility index (Phi) is 2.52. The highest BCUT2D eigenvalue weighted by atomic mass is 19.1. The number of hydrogen-bond acceptors (Lipinski definition) is 2. The smallest absolute Gasteiger partial charge is 0.184 e. The third-order valence-corrected chi connectivity index (χ3v) is 2.20. The topological polar surface area (TPSA) is 18.5 Å². The molecule has 0 bridgehead atoms. The van der Waals surface area contributed by atoms with Gasteiger partial charge in [-0.05, 0) is 17.6 Å². The lowest BCUT2D eigenvalue weighted by Gasteiger charge is -2.10. The van der Waals surface area contributed by atoms with Gasteiger partial charge < -0.3 is 9.47 Å². The van der Waals surface area contributed by atoms with Crippen LogP contribution in [0.15, 0.2) is 12.1 Å². The normalized spacial score (nSPS) is 17.6. The highest BCUT2D eigenvalue weighted by Crippen LogP contribution is 2.23. The number of halogens is 2. The molecule has 0 spiro atoms. The van der Waals surface area contributed by atoms with Crippen LogP contribution in [0.25, 0.3) is 0 Å². The van der Waals surface area contributed by atoms with Gasteiger partial charge in [-0.15, -0.1) is 0 Å². The van der Waals surface area contributed by atoms with Gasteiger partial charge in [-0.3, -0.25) is 0 Å². The zero-order valence-electron chi connectivity index (χ0n) is 7.72. The van der Waals surface area contributed by atoms with Crippen LogP contribution in [0.4, 0.5) is 8.78 Å². The Labute approximate surface area is 81.2 Å². The molecule has 2 rings (SSSR count). The fourth-order valence-corrected chi connectivity index (χ4v) is 1.35. The second-order valence-corrected chi connectivity index (χ2v) is 3.18. The Bertz CT molecular complexity index is 328. The van der Waals surface area contributed by atoms with Crippen LogP contribution >= 0.6 is 0 Å². The summed E-state index contributed by atoms with van der Waals surface area (Å²) in [6.45, 7) is 0.920. The molecule has 0 N–H and O–H groups in total. The van der Waals surface area contributed by atoms with Crippen LogP contribution in [0.1, 0.15) is 11.9 Å². The molecule has 1 aromatic carbocycles. The van der Waals surface area contributed by atoms with E-state index in [4.69, 9.17) is 9.47 Å². The van der Waals surface area contributed by atoms with Gasteiger partial charge >= 0.3 is 0 Å². The van der Waals surface area contributed by atoms with Crippen LogP contribution in [-0.2, 0) is 9.47 Å². The first kappa shape index (κ1) is 9.61. The monoisotopic (exact) mass is 198 g/mol. The number of benzene rings is 1. The van der Waals surface area contributed by atoms with Crippen molar-refractivity contribution < 1.29 is 18.3 Å². The van der Waals surface area contributed by atoms with E-state index in [-0.39, 0.29) is 5.46 Å². The molecule has 1 aliphatic rings. The van der Waals surface area contributed by atoms with Gasteiger partial charge in [0.25, 0.3) is 0 Å². The molecule has 0 aliphatic carbocycles. The van der Waals surface area contributed by atoms with Crippen molar-refractivity contribution in [2.75, 3.05) is 13.2 Å². The van der Waals surface area contributed by atoms with Gasteiger partial charge in [-0.1, -0.05) is 0 Å². The fourth-order valence-electron chi connectivity index (χ4n) is 1.35. The van der Waals surface area contributed by atoms with Crippen LogP contribution in [0, 0.1) is 11.6 Å². The molecule has 1 heterocycles. The van der Waals surface area contributed by atoms with Crippen molar-refractivity contribution >= 4 is 13.3 Å². The quantitative estimate of drug-likeness (QED) is 0.603. The van der Waals surface area contributed by atoms with E-state index in [1.54, 1.807) is 0 Å². The average Bonchev–Trinajstić information content (AvgIpc) is 2.66. The number of rotatable bonds is 1. The van der Waals surface area contributed by atoms with Crippen LogP contribution in [0.5, 0.6) is 0 Å². The molecule has 1 aromatic rings. The van der Waals surface area contributed by atoms with E-state index in [1.807, 2.05) is 0 Å². The van der Waals surface area contributed by atoms with Gasteiger partial charge in [0.1, 0.15) is 19.5 Å². The molecule has 0 aromatic heterocycles. The van der Waals surface area contributed by atoms with E-state index < -0.39 is 17.9 Å². The zero-order chi connectivity index (χ0) is 10.1. The van der Waals surface area contributed by atoms with Gasteiger partial charge in [-0.25, -0.2) is 8.78 Å². The molecule has 5 heteroatoms. The summed E-state index contributed by atoms with van der Waals surface area (Å²) in [6.07, 6.45) is -0.625. The third-order valence-electron chi connectivity index (χ3n) is 2.20. The number of hydrogen-bond donors (Lipinski definition) is 0. The van der Waals surface area contributed by atoms with Crippen molar-refractivity contribution in [3.63, 3.8) is 0 Å². The highest BCUT2D eigenvalue weighted by Gasteiger charge is 2.20. The van der Waals surface area contributed by atoms with Crippen molar-refractivity contribution in [1.82, 2.24) is 0 Å². The molecule has 0 atom stereocenters. The summed E-state index contributed by atoms with van der Waals surface area (Å²) in [7, 11) is 1.39. The summed E-state index contributed by atoms with van der Waals surface area (Å²) >= 11 is 0. The molecule has 0 saturated carbocycles. The summed E-state index contributed by atoms with van der Waals surface area (Å²) < 4.78 is 36.6. The first-order valence-corrected chi connectivity index (χ1v) is 4.37. The second kappa shape index (κ2) is 3.67. The Morgan fingerprint density at radius 3 is 2.14 bits per heavy atom. The van der Waals surface area contributed by atoms with Gasteiger partial charge in [0.2, 0.25) is 0 Å².